The van der Waals surface area contributed by atoms with Crippen molar-refractivity contribution in [3.63, 3.8) is 0 Å². The molecule has 126 valence electrons. The number of aryl methyl sites for hydroxylation is 1. The van der Waals surface area contributed by atoms with Gasteiger partial charge in [-0.2, -0.15) is 0 Å². The Morgan fingerprint density at radius 3 is 2.52 bits per heavy atom. The quantitative estimate of drug-likeness (QED) is 0.400. The minimum atomic E-state index is -0.446. The molecule has 3 rings (SSSR count). The summed E-state index contributed by atoms with van der Waals surface area (Å²) in [5, 5.41) is 15.0. The summed E-state index contributed by atoms with van der Waals surface area (Å²) in [6, 6.07) is 15.2. The highest BCUT2D eigenvalue weighted by Gasteiger charge is 2.24. The van der Waals surface area contributed by atoms with Crippen LogP contribution in [-0.4, -0.2) is 14.9 Å². The van der Waals surface area contributed by atoms with E-state index in [0.717, 1.165) is 21.7 Å². The van der Waals surface area contributed by atoms with Crippen LogP contribution in [0.4, 0.5) is 17.2 Å². The van der Waals surface area contributed by atoms with E-state index >= 15 is 0 Å². The Morgan fingerprint density at radius 2 is 1.80 bits per heavy atom. The first-order valence-corrected chi connectivity index (χ1v) is 8.43. The van der Waals surface area contributed by atoms with Gasteiger partial charge in [-0.25, -0.2) is 9.97 Å². The second-order valence-corrected chi connectivity index (χ2v) is 6.48. The predicted molar refractivity (Wildman–Crippen MR) is 98.5 cm³/mol. The zero-order valence-electron chi connectivity index (χ0n) is 13.8. The van der Waals surface area contributed by atoms with Crippen molar-refractivity contribution in [1.29, 1.82) is 0 Å². The standard InChI is InChI=1S/C18H16N4O2S/c1-12-7-6-10-15(13(12)2)21-17-16(22(23)24)18(20-11-19-17)25-14-8-4-3-5-9-14/h3-11H,1-2H3,(H,19,20,21). The number of hydrogen-bond acceptors (Lipinski definition) is 6. The number of nitro groups is 1. The number of rotatable bonds is 5. The summed E-state index contributed by atoms with van der Waals surface area (Å²) < 4.78 is 0. The van der Waals surface area contributed by atoms with Gasteiger partial charge in [-0.3, -0.25) is 10.1 Å². The lowest BCUT2D eigenvalue weighted by atomic mass is 10.1. The Labute approximate surface area is 149 Å². The predicted octanol–water partition coefficient (Wildman–Crippen LogP) is 4.90. The summed E-state index contributed by atoms with van der Waals surface area (Å²) >= 11 is 1.24. The maximum absolute atomic E-state index is 11.6. The van der Waals surface area contributed by atoms with Gasteiger partial charge < -0.3 is 5.32 Å². The summed E-state index contributed by atoms with van der Waals surface area (Å²) in [7, 11) is 0. The first-order valence-electron chi connectivity index (χ1n) is 7.62. The molecule has 0 radical (unpaired) electrons. The van der Waals surface area contributed by atoms with Crippen LogP contribution in [0.25, 0.3) is 0 Å². The summed E-state index contributed by atoms with van der Waals surface area (Å²) in [6.45, 7) is 3.95. The molecule has 0 unspecified atom stereocenters. The van der Waals surface area contributed by atoms with E-state index in [1.54, 1.807) is 0 Å². The molecule has 0 aliphatic carbocycles. The highest BCUT2D eigenvalue weighted by atomic mass is 32.2. The third kappa shape index (κ3) is 3.77. The Balaban J connectivity index is 2.01. The Kier molecular flexibility index (Phi) is 4.95. The molecule has 0 aliphatic rings. The van der Waals surface area contributed by atoms with E-state index in [1.165, 1.54) is 18.1 Å². The molecule has 0 amide bonds. The van der Waals surface area contributed by atoms with E-state index in [-0.39, 0.29) is 11.5 Å². The summed E-state index contributed by atoms with van der Waals surface area (Å²) in [5.41, 5.74) is 2.78. The third-order valence-corrected chi connectivity index (χ3v) is 4.79. The van der Waals surface area contributed by atoms with Crippen molar-refractivity contribution in [1.82, 2.24) is 9.97 Å². The summed E-state index contributed by atoms with van der Waals surface area (Å²) in [6.07, 6.45) is 1.34. The first kappa shape index (κ1) is 16.9. The van der Waals surface area contributed by atoms with Gasteiger partial charge in [0.1, 0.15) is 6.33 Å². The van der Waals surface area contributed by atoms with Crippen LogP contribution < -0.4 is 5.32 Å². The van der Waals surface area contributed by atoms with Crippen LogP contribution in [0.2, 0.25) is 0 Å². The topological polar surface area (TPSA) is 81.0 Å². The van der Waals surface area contributed by atoms with Crippen molar-refractivity contribution < 1.29 is 4.92 Å². The van der Waals surface area contributed by atoms with E-state index in [4.69, 9.17) is 0 Å². The van der Waals surface area contributed by atoms with E-state index in [1.807, 2.05) is 62.4 Å². The zero-order chi connectivity index (χ0) is 17.8. The molecule has 7 heteroatoms. The van der Waals surface area contributed by atoms with Gasteiger partial charge in [0.15, 0.2) is 5.03 Å². The average Bonchev–Trinajstić information content (AvgIpc) is 2.60. The molecule has 0 aliphatic heterocycles. The summed E-state index contributed by atoms with van der Waals surface area (Å²) in [4.78, 5) is 20.3. The minimum absolute atomic E-state index is 0.128. The van der Waals surface area contributed by atoms with Crippen LogP contribution >= 0.6 is 11.8 Å². The molecule has 6 nitrogen and oxygen atoms in total. The molecule has 1 heterocycles. The SMILES string of the molecule is Cc1cccc(Nc2ncnc(Sc3ccccc3)c2[N+](=O)[O-])c1C. The van der Waals surface area contributed by atoms with Gasteiger partial charge in [-0.1, -0.05) is 42.1 Å². The van der Waals surface area contributed by atoms with Gasteiger partial charge in [0.2, 0.25) is 5.82 Å². The normalized spacial score (nSPS) is 10.5. The molecule has 2 aromatic carbocycles. The number of nitrogens with one attached hydrogen (secondary N) is 1. The molecule has 1 N–H and O–H groups in total. The van der Waals surface area contributed by atoms with Gasteiger partial charge in [-0.05, 0) is 43.2 Å². The second-order valence-electron chi connectivity index (χ2n) is 5.42. The van der Waals surface area contributed by atoms with E-state index in [0.29, 0.717) is 5.03 Å². The third-order valence-electron chi connectivity index (χ3n) is 3.79. The summed E-state index contributed by atoms with van der Waals surface area (Å²) in [5.74, 6) is 0.187. The lowest BCUT2D eigenvalue weighted by Gasteiger charge is -2.12. The van der Waals surface area contributed by atoms with Crippen molar-refractivity contribution in [2.75, 3.05) is 5.32 Å². The highest BCUT2D eigenvalue weighted by Crippen LogP contribution is 2.37. The van der Waals surface area contributed by atoms with E-state index in [2.05, 4.69) is 15.3 Å². The monoisotopic (exact) mass is 352 g/mol. The largest absolute Gasteiger partial charge is 0.343 e. The molecular weight excluding hydrogens is 336 g/mol. The molecular formula is C18H16N4O2S. The van der Waals surface area contributed by atoms with Crippen LogP contribution in [0.1, 0.15) is 11.1 Å². The molecule has 0 bridgehead atoms. The van der Waals surface area contributed by atoms with Crippen molar-refractivity contribution in [2.24, 2.45) is 0 Å². The number of hydrogen-bond donors (Lipinski definition) is 1. The molecule has 25 heavy (non-hydrogen) atoms. The van der Waals surface area contributed by atoms with E-state index in [9.17, 15) is 10.1 Å². The lowest BCUT2D eigenvalue weighted by molar-refractivity contribution is -0.387. The molecule has 0 spiro atoms. The van der Waals surface area contributed by atoms with Crippen LogP contribution in [-0.2, 0) is 0 Å². The number of anilines is 2. The van der Waals surface area contributed by atoms with Gasteiger partial charge in [0, 0.05) is 10.6 Å². The lowest BCUT2D eigenvalue weighted by Crippen LogP contribution is -2.04. The fourth-order valence-electron chi connectivity index (χ4n) is 2.31. The molecule has 0 saturated heterocycles. The maximum Gasteiger partial charge on any atom is 0.343 e. The van der Waals surface area contributed by atoms with Gasteiger partial charge in [0.05, 0.1) is 4.92 Å². The zero-order valence-corrected chi connectivity index (χ0v) is 14.6. The van der Waals surface area contributed by atoms with Crippen molar-refractivity contribution in [3.8, 4) is 0 Å². The fourth-order valence-corrected chi connectivity index (χ4v) is 3.19. The number of aromatic nitrogens is 2. The Hall–Kier alpha value is -2.93. The number of benzene rings is 2. The van der Waals surface area contributed by atoms with Gasteiger partial charge >= 0.3 is 5.69 Å². The molecule has 0 fully saturated rings. The van der Waals surface area contributed by atoms with Crippen LogP contribution in [0.15, 0.2) is 64.8 Å². The molecule has 1 aromatic heterocycles. The van der Waals surface area contributed by atoms with Gasteiger partial charge in [-0.15, -0.1) is 0 Å². The Morgan fingerprint density at radius 1 is 1.04 bits per heavy atom. The highest BCUT2D eigenvalue weighted by molar-refractivity contribution is 7.99. The molecule has 0 atom stereocenters. The first-order chi connectivity index (χ1) is 12.1. The smallest absolute Gasteiger partial charge is 0.334 e. The van der Waals surface area contributed by atoms with Crippen molar-refractivity contribution >= 4 is 29.0 Å². The second kappa shape index (κ2) is 7.31. The molecule has 0 saturated carbocycles. The fraction of sp³-hybridized carbons (Fsp3) is 0.111. The van der Waals surface area contributed by atoms with Crippen molar-refractivity contribution in [2.45, 2.75) is 23.8 Å². The van der Waals surface area contributed by atoms with Crippen LogP contribution in [0.3, 0.4) is 0 Å². The molecule has 3 aromatic rings. The van der Waals surface area contributed by atoms with Crippen molar-refractivity contribution in [3.05, 3.63) is 76.1 Å². The van der Waals surface area contributed by atoms with Gasteiger partial charge in [0.25, 0.3) is 0 Å². The minimum Gasteiger partial charge on any atom is -0.334 e. The van der Waals surface area contributed by atoms with Crippen LogP contribution in [0, 0.1) is 24.0 Å². The van der Waals surface area contributed by atoms with Crippen LogP contribution in [0.5, 0.6) is 0 Å². The maximum atomic E-state index is 11.6. The number of nitrogens with zero attached hydrogens (tertiary/aromatic N) is 3. The Bertz CT molecular complexity index is 916. The average molecular weight is 352 g/mol. The van der Waals surface area contributed by atoms with E-state index < -0.39 is 4.92 Å².